The number of ether oxygens (including phenoxy) is 2. The van der Waals surface area contributed by atoms with Gasteiger partial charge in [-0.25, -0.2) is 0 Å². The highest BCUT2D eigenvalue weighted by atomic mass is 16.5. The number of amides is 2. The Morgan fingerprint density at radius 2 is 2.10 bits per heavy atom. The first-order chi connectivity index (χ1) is 13.9. The molecular weight excluding hydrogens is 374 g/mol. The first-order valence-corrected chi connectivity index (χ1v) is 9.57. The molecule has 3 rings (SSSR count). The molecule has 0 bridgehead atoms. The second-order valence-electron chi connectivity index (χ2n) is 7.26. The molecule has 2 aromatic rings. The van der Waals surface area contributed by atoms with Gasteiger partial charge in [0.05, 0.1) is 32.1 Å². The molecule has 1 atom stereocenters. The summed E-state index contributed by atoms with van der Waals surface area (Å²) in [5, 5.41) is 3.94. The Morgan fingerprint density at radius 3 is 2.76 bits per heavy atom. The minimum Gasteiger partial charge on any atom is -0.497 e. The van der Waals surface area contributed by atoms with Gasteiger partial charge in [-0.2, -0.15) is 0 Å². The quantitative estimate of drug-likeness (QED) is 0.737. The summed E-state index contributed by atoms with van der Waals surface area (Å²) in [5.74, 6) is 1.20. The Balaban J connectivity index is 1.75. The van der Waals surface area contributed by atoms with Crippen molar-refractivity contribution < 1.29 is 23.6 Å². The van der Waals surface area contributed by atoms with E-state index in [1.54, 1.807) is 12.0 Å². The van der Waals surface area contributed by atoms with Crippen molar-refractivity contribution in [3.8, 4) is 5.75 Å². The molecule has 1 unspecified atom stereocenters. The maximum absolute atomic E-state index is 12.8. The van der Waals surface area contributed by atoms with E-state index in [1.165, 1.54) is 11.8 Å². The predicted octanol–water partition coefficient (Wildman–Crippen LogP) is 2.08. The third-order valence-corrected chi connectivity index (χ3v) is 5.12. The third-order valence-electron chi connectivity index (χ3n) is 5.12. The van der Waals surface area contributed by atoms with E-state index in [-0.39, 0.29) is 24.5 Å². The average molecular weight is 401 g/mol. The zero-order chi connectivity index (χ0) is 21.0. The fraction of sp³-hybridized carbons (Fsp3) is 0.476. The van der Waals surface area contributed by atoms with Gasteiger partial charge in [0.2, 0.25) is 11.8 Å². The molecule has 1 saturated heterocycles. The molecule has 0 aliphatic carbocycles. The van der Waals surface area contributed by atoms with Crippen molar-refractivity contribution in [2.45, 2.75) is 40.0 Å². The number of nitrogens with zero attached hydrogens (tertiary/aromatic N) is 3. The standard InChI is InChI=1S/C21H27N3O5/c1-14-20(15(2)29-22-14)13-28-19-10-23(16(3)25)12-21(26)24(11-19)9-17-6-5-7-18(8-17)27-4/h5-8,19H,9-13H2,1-4H3. The van der Waals surface area contributed by atoms with Gasteiger partial charge in [-0.3, -0.25) is 9.59 Å². The monoisotopic (exact) mass is 401 g/mol. The van der Waals surface area contributed by atoms with Gasteiger partial charge >= 0.3 is 0 Å². The SMILES string of the molecule is COc1cccc(CN2CC(OCc3c(C)noc3C)CN(C(C)=O)CC2=O)c1. The Kier molecular flexibility index (Phi) is 6.53. The number of rotatable bonds is 6. The highest BCUT2D eigenvalue weighted by molar-refractivity contribution is 5.84. The summed E-state index contributed by atoms with van der Waals surface area (Å²) in [4.78, 5) is 28.1. The van der Waals surface area contributed by atoms with Crippen molar-refractivity contribution in [2.24, 2.45) is 0 Å². The molecule has 2 heterocycles. The van der Waals surface area contributed by atoms with E-state index < -0.39 is 0 Å². The van der Waals surface area contributed by atoms with Crippen LogP contribution in [-0.2, 0) is 27.5 Å². The molecule has 8 heteroatoms. The number of methoxy groups -OCH3 is 1. The van der Waals surface area contributed by atoms with Gasteiger partial charge in [0, 0.05) is 32.1 Å². The van der Waals surface area contributed by atoms with Gasteiger partial charge in [0.15, 0.2) is 0 Å². The summed E-state index contributed by atoms with van der Waals surface area (Å²) in [6.45, 7) is 6.71. The number of hydrogen-bond acceptors (Lipinski definition) is 6. The highest BCUT2D eigenvalue weighted by Crippen LogP contribution is 2.19. The number of benzene rings is 1. The van der Waals surface area contributed by atoms with Crippen LogP contribution < -0.4 is 4.74 Å². The fourth-order valence-corrected chi connectivity index (χ4v) is 3.38. The molecule has 0 radical (unpaired) electrons. The minimum atomic E-state index is -0.315. The summed E-state index contributed by atoms with van der Waals surface area (Å²) in [6, 6.07) is 7.61. The molecule has 1 aromatic heterocycles. The smallest absolute Gasteiger partial charge is 0.242 e. The highest BCUT2D eigenvalue weighted by Gasteiger charge is 2.30. The van der Waals surface area contributed by atoms with Crippen LogP contribution >= 0.6 is 0 Å². The van der Waals surface area contributed by atoms with E-state index >= 15 is 0 Å². The molecular formula is C21H27N3O5. The van der Waals surface area contributed by atoms with E-state index in [0.717, 1.165) is 22.6 Å². The predicted molar refractivity (Wildman–Crippen MR) is 105 cm³/mol. The van der Waals surface area contributed by atoms with Crippen molar-refractivity contribution in [3.63, 3.8) is 0 Å². The summed E-state index contributed by atoms with van der Waals surface area (Å²) in [5.41, 5.74) is 2.64. The van der Waals surface area contributed by atoms with Crippen molar-refractivity contribution in [2.75, 3.05) is 26.7 Å². The molecule has 2 amide bonds. The zero-order valence-electron chi connectivity index (χ0n) is 17.3. The first-order valence-electron chi connectivity index (χ1n) is 9.57. The Labute approximate surface area is 170 Å². The molecule has 1 aromatic carbocycles. The first kappa shape index (κ1) is 20.9. The molecule has 8 nitrogen and oxygen atoms in total. The number of aromatic nitrogens is 1. The number of aryl methyl sites for hydroxylation is 2. The summed E-state index contributed by atoms with van der Waals surface area (Å²) in [7, 11) is 1.61. The Morgan fingerprint density at radius 1 is 1.31 bits per heavy atom. The zero-order valence-corrected chi connectivity index (χ0v) is 17.3. The van der Waals surface area contributed by atoms with Crippen LogP contribution in [-0.4, -0.2) is 59.6 Å². The van der Waals surface area contributed by atoms with Gasteiger partial charge in [0.1, 0.15) is 11.5 Å². The number of carbonyl (C=O) groups is 2. The lowest BCUT2D eigenvalue weighted by Gasteiger charge is -2.25. The maximum Gasteiger partial charge on any atom is 0.242 e. The van der Waals surface area contributed by atoms with Crippen LogP contribution in [0.4, 0.5) is 0 Å². The van der Waals surface area contributed by atoms with Crippen LogP contribution in [0.1, 0.15) is 29.5 Å². The molecule has 156 valence electrons. The summed E-state index contributed by atoms with van der Waals surface area (Å²) >= 11 is 0. The second-order valence-corrected chi connectivity index (χ2v) is 7.26. The van der Waals surface area contributed by atoms with Crippen LogP contribution in [0.25, 0.3) is 0 Å². The Bertz CT molecular complexity index is 859. The average Bonchev–Trinajstić information content (AvgIpc) is 2.92. The van der Waals surface area contributed by atoms with Crippen LogP contribution in [0.3, 0.4) is 0 Å². The van der Waals surface area contributed by atoms with Crippen molar-refractivity contribution >= 4 is 11.8 Å². The normalized spacial score (nSPS) is 17.4. The van der Waals surface area contributed by atoms with Crippen LogP contribution in [0, 0.1) is 13.8 Å². The molecule has 0 N–H and O–H groups in total. The number of carbonyl (C=O) groups excluding carboxylic acids is 2. The van der Waals surface area contributed by atoms with E-state index in [0.29, 0.717) is 32.0 Å². The molecule has 1 fully saturated rings. The Hall–Kier alpha value is -2.87. The molecule has 29 heavy (non-hydrogen) atoms. The third kappa shape index (κ3) is 5.14. The van der Waals surface area contributed by atoms with E-state index in [4.69, 9.17) is 14.0 Å². The van der Waals surface area contributed by atoms with Crippen molar-refractivity contribution in [1.82, 2.24) is 15.0 Å². The van der Waals surface area contributed by atoms with E-state index in [9.17, 15) is 9.59 Å². The molecule has 1 aliphatic rings. The lowest BCUT2D eigenvalue weighted by molar-refractivity contribution is -0.137. The topological polar surface area (TPSA) is 85.1 Å². The van der Waals surface area contributed by atoms with Crippen molar-refractivity contribution in [3.05, 3.63) is 46.8 Å². The molecule has 0 spiro atoms. The van der Waals surface area contributed by atoms with Crippen LogP contribution in [0.5, 0.6) is 5.75 Å². The van der Waals surface area contributed by atoms with Gasteiger partial charge in [-0.15, -0.1) is 0 Å². The largest absolute Gasteiger partial charge is 0.497 e. The summed E-state index contributed by atoms with van der Waals surface area (Å²) < 4.78 is 16.6. The maximum atomic E-state index is 12.8. The summed E-state index contributed by atoms with van der Waals surface area (Å²) in [6.07, 6.45) is -0.315. The molecule has 0 saturated carbocycles. The van der Waals surface area contributed by atoms with Gasteiger partial charge in [-0.05, 0) is 31.5 Å². The van der Waals surface area contributed by atoms with Crippen LogP contribution in [0.15, 0.2) is 28.8 Å². The number of hydrogen-bond donors (Lipinski definition) is 0. The van der Waals surface area contributed by atoms with E-state index in [1.807, 2.05) is 38.1 Å². The minimum absolute atomic E-state index is 0.0461. The molecule has 1 aliphatic heterocycles. The van der Waals surface area contributed by atoms with Crippen LogP contribution in [0.2, 0.25) is 0 Å². The lowest BCUT2D eigenvalue weighted by atomic mass is 10.2. The van der Waals surface area contributed by atoms with Gasteiger partial charge in [-0.1, -0.05) is 17.3 Å². The lowest BCUT2D eigenvalue weighted by Crippen LogP contribution is -2.38. The second kappa shape index (κ2) is 9.09. The van der Waals surface area contributed by atoms with Gasteiger partial charge in [0.25, 0.3) is 0 Å². The fourth-order valence-electron chi connectivity index (χ4n) is 3.38. The van der Waals surface area contributed by atoms with Gasteiger partial charge < -0.3 is 23.8 Å². The van der Waals surface area contributed by atoms with E-state index in [2.05, 4.69) is 5.16 Å². The van der Waals surface area contributed by atoms with Crippen molar-refractivity contribution in [1.29, 1.82) is 0 Å².